The summed E-state index contributed by atoms with van der Waals surface area (Å²) in [5, 5.41) is 3.76. The van der Waals surface area contributed by atoms with Crippen LogP contribution in [-0.4, -0.2) is 57.4 Å². The molecule has 0 amide bonds. The van der Waals surface area contributed by atoms with Gasteiger partial charge in [-0.1, -0.05) is 13.8 Å². The first-order chi connectivity index (χ1) is 13.0. The van der Waals surface area contributed by atoms with Gasteiger partial charge in [0, 0.05) is 44.1 Å². The molecule has 1 aromatic carbocycles. The van der Waals surface area contributed by atoms with Crippen molar-refractivity contribution >= 4 is 29.9 Å². The molecule has 0 radical (unpaired) electrons. The highest BCUT2D eigenvalue weighted by Crippen LogP contribution is 2.52. The van der Waals surface area contributed by atoms with E-state index in [0.717, 1.165) is 50.0 Å². The van der Waals surface area contributed by atoms with E-state index in [4.69, 9.17) is 14.2 Å². The summed E-state index contributed by atoms with van der Waals surface area (Å²) >= 11 is 0. The first-order valence-electron chi connectivity index (χ1n) is 9.83. The molecule has 2 heterocycles. The fraction of sp³-hybridized carbons (Fsp3) is 0.667. The summed E-state index contributed by atoms with van der Waals surface area (Å²) in [5.41, 5.74) is 2.74. The molecular formula is C21H32IN3O3. The molecule has 0 bridgehead atoms. The second kappa shape index (κ2) is 8.26. The summed E-state index contributed by atoms with van der Waals surface area (Å²) in [7, 11) is 5.25. The maximum Gasteiger partial charge on any atom is 0.194 e. The number of ether oxygens (including phenoxy) is 3. The second-order valence-corrected chi connectivity index (χ2v) is 8.38. The van der Waals surface area contributed by atoms with Gasteiger partial charge in [-0.2, -0.15) is 0 Å². The van der Waals surface area contributed by atoms with E-state index in [2.05, 4.69) is 41.2 Å². The van der Waals surface area contributed by atoms with Gasteiger partial charge in [-0.25, -0.2) is 0 Å². The topological polar surface area (TPSA) is 55.3 Å². The molecule has 2 aliphatic heterocycles. The first-order valence-corrected chi connectivity index (χ1v) is 9.83. The van der Waals surface area contributed by atoms with E-state index in [1.54, 1.807) is 14.2 Å². The molecule has 2 fully saturated rings. The van der Waals surface area contributed by atoms with E-state index in [-0.39, 0.29) is 29.4 Å². The average Bonchev–Trinajstić information content (AvgIpc) is 3.14. The standard InChI is InChI=1S/C21H31N3O3.HI/c1-21(2)18(15-7-9-27-19(15)21)23-20(22-3)24-8-6-13-10-16(25-4)17(26-5)11-14(13)12-24;/h10-11,15,18-19H,6-9,12H2,1-5H3,(H,22,23);1H. The van der Waals surface area contributed by atoms with Crippen LogP contribution in [0.2, 0.25) is 0 Å². The molecule has 0 aromatic heterocycles. The van der Waals surface area contributed by atoms with E-state index >= 15 is 0 Å². The summed E-state index contributed by atoms with van der Waals surface area (Å²) in [4.78, 5) is 6.94. The third kappa shape index (κ3) is 3.44. The molecule has 3 aliphatic rings. The Morgan fingerprint density at radius 2 is 1.89 bits per heavy atom. The predicted molar refractivity (Wildman–Crippen MR) is 121 cm³/mol. The van der Waals surface area contributed by atoms with Crippen molar-refractivity contribution in [1.82, 2.24) is 10.2 Å². The van der Waals surface area contributed by atoms with Crippen molar-refractivity contribution in [3.63, 3.8) is 0 Å². The van der Waals surface area contributed by atoms with Crippen LogP contribution >= 0.6 is 24.0 Å². The van der Waals surface area contributed by atoms with Crippen molar-refractivity contribution in [3.8, 4) is 11.5 Å². The van der Waals surface area contributed by atoms with Gasteiger partial charge in [0.2, 0.25) is 0 Å². The van der Waals surface area contributed by atoms with Crippen molar-refractivity contribution in [1.29, 1.82) is 0 Å². The van der Waals surface area contributed by atoms with Crippen LogP contribution in [0, 0.1) is 11.3 Å². The number of rotatable bonds is 3. The van der Waals surface area contributed by atoms with Crippen LogP contribution in [0.25, 0.3) is 0 Å². The van der Waals surface area contributed by atoms with Crippen LogP contribution in [0.1, 0.15) is 31.4 Å². The van der Waals surface area contributed by atoms with Crippen molar-refractivity contribution in [2.75, 3.05) is 34.4 Å². The molecule has 156 valence electrons. The van der Waals surface area contributed by atoms with Crippen LogP contribution < -0.4 is 14.8 Å². The number of halogens is 1. The number of nitrogens with zero attached hydrogens (tertiary/aromatic N) is 2. The van der Waals surface area contributed by atoms with Gasteiger partial charge in [0.05, 0.1) is 20.3 Å². The third-order valence-corrected chi connectivity index (χ3v) is 6.61. The van der Waals surface area contributed by atoms with Gasteiger partial charge >= 0.3 is 0 Å². The molecule has 1 N–H and O–H groups in total. The minimum Gasteiger partial charge on any atom is -0.493 e. The Hall–Kier alpha value is -1.22. The van der Waals surface area contributed by atoms with Gasteiger partial charge in [0.1, 0.15) is 0 Å². The van der Waals surface area contributed by atoms with Crippen LogP contribution in [0.3, 0.4) is 0 Å². The number of hydrogen-bond donors (Lipinski definition) is 1. The number of aliphatic imine (C=N–C) groups is 1. The normalized spacial score (nSPS) is 27.8. The highest BCUT2D eigenvalue weighted by Gasteiger charge is 2.59. The zero-order chi connectivity index (χ0) is 19.2. The van der Waals surface area contributed by atoms with Crippen molar-refractivity contribution in [2.45, 2.75) is 45.4 Å². The van der Waals surface area contributed by atoms with Gasteiger partial charge < -0.3 is 24.4 Å². The first kappa shape index (κ1) is 21.5. The number of guanidine groups is 1. The molecule has 28 heavy (non-hydrogen) atoms. The third-order valence-electron chi connectivity index (χ3n) is 6.61. The zero-order valence-corrected chi connectivity index (χ0v) is 19.8. The Kier molecular flexibility index (Phi) is 6.34. The summed E-state index contributed by atoms with van der Waals surface area (Å²) in [6.45, 7) is 7.25. The maximum atomic E-state index is 5.93. The van der Waals surface area contributed by atoms with E-state index in [1.807, 2.05) is 7.05 Å². The fourth-order valence-corrected chi connectivity index (χ4v) is 5.12. The summed E-state index contributed by atoms with van der Waals surface area (Å²) in [6, 6.07) is 4.62. The molecule has 0 spiro atoms. The Morgan fingerprint density at radius 1 is 1.21 bits per heavy atom. The summed E-state index contributed by atoms with van der Waals surface area (Å²) < 4.78 is 16.9. The molecule has 3 unspecified atom stereocenters. The maximum absolute atomic E-state index is 5.93. The fourth-order valence-electron chi connectivity index (χ4n) is 5.12. The van der Waals surface area contributed by atoms with E-state index < -0.39 is 0 Å². The molecule has 1 saturated heterocycles. The summed E-state index contributed by atoms with van der Waals surface area (Å²) in [5.74, 6) is 3.17. The van der Waals surface area contributed by atoms with Crippen LogP contribution in [0.15, 0.2) is 17.1 Å². The van der Waals surface area contributed by atoms with E-state index in [0.29, 0.717) is 18.1 Å². The van der Waals surface area contributed by atoms with Crippen LogP contribution in [0.4, 0.5) is 0 Å². The Bertz CT molecular complexity index is 753. The van der Waals surface area contributed by atoms with Crippen molar-refractivity contribution < 1.29 is 14.2 Å². The van der Waals surface area contributed by atoms with Crippen molar-refractivity contribution in [2.24, 2.45) is 16.3 Å². The highest BCUT2D eigenvalue weighted by atomic mass is 127. The van der Waals surface area contributed by atoms with Crippen molar-refractivity contribution in [3.05, 3.63) is 23.3 Å². The van der Waals surface area contributed by atoms with Gasteiger partial charge in [0.25, 0.3) is 0 Å². The molecule has 3 atom stereocenters. The molecule has 4 rings (SSSR count). The SMILES string of the molecule is CN=C(NC1C2CCOC2C1(C)C)N1CCc2cc(OC)c(OC)cc2C1.I. The van der Waals surface area contributed by atoms with Gasteiger partial charge in [-0.3, -0.25) is 4.99 Å². The number of nitrogens with one attached hydrogen (secondary N) is 1. The van der Waals surface area contributed by atoms with E-state index in [1.165, 1.54) is 11.1 Å². The van der Waals surface area contributed by atoms with Crippen LogP contribution in [-0.2, 0) is 17.7 Å². The van der Waals surface area contributed by atoms with Gasteiger partial charge in [-0.15, -0.1) is 24.0 Å². The van der Waals surface area contributed by atoms with Gasteiger partial charge in [-0.05, 0) is 36.1 Å². The van der Waals surface area contributed by atoms with E-state index in [9.17, 15) is 0 Å². The molecule has 1 saturated carbocycles. The summed E-state index contributed by atoms with van der Waals surface area (Å²) in [6.07, 6.45) is 2.49. The highest BCUT2D eigenvalue weighted by molar-refractivity contribution is 14.0. The Balaban J connectivity index is 0.00000225. The van der Waals surface area contributed by atoms with Gasteiger partial charge in [0.15, 0.2) is 17.5 Å². The molecule has 6 nitrogen and oxygen atoms in total. The largest absolute Gasteiger partial charge is 0.493 e. The minimum absolute atomic E-state index is 0. The number of fused-ring (bicyclic) bond motifs is 2. The Morgan fingerprint density at radius 3 is 2.54 bits per heavy atom. The smallest absolute Gasteiger partial charge is 0.194 e. The molecular weight excluding hydrogens is 469 g/mol. The Labute approximate surface area is 185 Å². The predicted octanol–water partition coefficient (Wildman–Crippen LogP) is 3.07. The lowest BCUT2D eigenvalue weighted by Crippen LogP contribution is -2.68. The zero-order valence-electron chi connectivity index (χ0n) is 17.4. The minimum atomic E-state index is 0. The molecule has 7 heteroatoms. The van der Waals surface area contributed by atoms with Crippen LogP contribution in [0.5, 0.6) is 11.5 Å². The second-order valence-electron chi connectivity index (χ2n) is 8.38. The lowest BCUT2D eigenvalue weighted by atomic mass is 9.57. The average molecular weight is 501 g/mol. The lowest BCUT2D eigenvalue weighted by molar-refractivity contribution is -0.107. The number of methoxy groups -OCH3 is 2. The monoisotopic (exact) mass is 501 g/mol. The quantitative estimate of drug-likeness (QED) is 0.392. The number of benzene rings is 1. The number of hydrogen-bond acceptors (Lipinski definition) is 4. The molecule has 1 aliphatic carbocycles. The molecule has 1 aromatic rings. The lowest BCUT2D eigenvalue weighted by Gasteiger charge is -2.55.